The van der Waals surface area contributed by atoms with Gasteiger partial charge in [-0.15, -0.1) is 0 Å². The molecule has 0 N–H and O–H groups in total. The number of methoxy groups -OCH3 is 1. The summed E-state index contributed by atoms with van der Waals surface area (Å²) in [5.74, 6) is -0.0439. The zero-order valence-corrected chi connectivity index (χ0v) is 14.2. The van der Waals surface area contributed by atoms with Crippen molar-refractivity contribution >= 4 is 16.9 Å². The SMILES string of the molecule is COC(=O)[C@H](C)Oc1ccc2c(C)c(-c3ccccc3)c(=O)oc2c1. The van der Waals surface area contributed by atoms with Gasteiger partial charge in [-0.05, 0) is 37.1 Å². The molecule has 2 aromatic carbocycles. The van der Waals surface area contributed by atoms with E-state index in [0.717, 1.165) is 16.5 Å². The topological polar surface area (TPSA) is 65.7 Å². The van der Waals surface area contributed by atoms with Crippen LogP contribution >= 0.6 is 0 Å². The summed E-state index contributed by atoms with van der Waals surface area (Å²) in [4.78, 5) is 23.9. The van der Waals surface area contributed by atoms with Gasteiger partial charge in [0.1, 0.15) is 11.3 Å². The third-order valence-corrected chi connectivity index (χ3v) is 4.05. The van der Waals surface area contributed by atoms with Gasteiger partial charge in [0.25, 0.3) is 0 Å². The number of aryl methyl sites for hydroxylation is 1. The number of fused-ring (bicyclic) bond motifs is 1. The molecule has 0 aliphatic rings. The summed E-state index contributed by atoms with van der Waals surface area (Å²) in [7, 11) is 1.30. The van der Waals surface area contributed by atoms with Gasteiger partial charge in [-0.1, -0.05) is 30.3 Å². The van der Waals surface area contributed by atoms with Crippen molar-refractivity contribution in [2.45, 2.75) is 20.0 Å². The fraction of sp³-hybridized carbons (Fsp3) is 0.200. The molecule has 5 nitrogen and oxygen atoms in total. The highest BCUT2D eigenvalue weighted by Gasteiger charge is 2.17. The van der Waals surface area contributed by atoms with Crippen LogP contribution in [0.15, 0.2) is 57.7 Å². The second-order valence-electron chi connectivity index (χ2n) is 5.70. The molecule has 1 aromatic heterocycles. The van der Waals surface area contributed by atoms with E-state index in [-0.39, 0.29) is 0 Å². The minimum Gasteiger partial charge on any atom is -0.479 e. The van der Waals surface area contributed by atoms with Crippen molar-refractivity contribution in [3.8, 4) is 16.9 Å². The minimum absolute atomic E-state index is 0.408. The van der Waals surface area contributed by atoms with Crippen LogP contribution in [0, 0.1) is 6.92 Å². The highest BCUT2D eigenvalue weighted by molar-refractivity contribution is 5.87. The van der Waals surface area contributed by atoms with Crippen LogP contribution in [-0.4, -0.2) is 19.2 Å². The number of carbonyl (C=O) groups is 1. The molecule has 128 valence electrons. The van der Waals surface area contributed by atoms with E-state index in [4.69, 9.17) is 9.15 Å². The average molecular weight is 338 g/mol. The number of hydrogen-bond donors (Lipinski definition) is 0. The lowest BCUT2D eigenvalue weighted by molar-refractivity contribution is -0.147. The van der Waals surface area contributed by atoms with Crippen molar-refractivity contribution in [1.82, 2.24) is 0 Å². The largest absolute Gasteiger partial charge is 0.479 e. The molecule has 0 saturated carbocycles. The van der Waals surface area contributed by atoms with E-state index in [1.807, 2.05) is 43.3 Å². The zero-order valence-electron chi connectivity index (χ0n) is 14.2. The zero-order chi connectivity index (χ0) is 18.0. The van der Waals surface area contributed by atoms with E-state index in [9.17, 15) is 9.59 Å². The number of ether oxygens (including phenoxy) is 2. The standard InChI is InChI=1S/C20H18O5/c1-12-16-10-9-15(24-13(2)19(21)23-3)11-17(16)25-20(22)18(12)14-7-5-4-6-8-14/h4-11,13H,1-3H3/t13-/m0/s1. The van der Waals surface area contributed by atoms with E-state index in [1.54, 1.807) is 19.1 Å². The number of benzene rings is 2. The highest BCUT2D eigenvalue weighted by Crippen LogP contribution is 2.29. The van der Waals surface area contributed by atoms with Crippen LogP contribution in [0.3, 0.4) is 0 Å². The summed E-state index contributed by atoms with van der Waals surface area (Å²) in [6, 6.07) is 14.6. The van der Waals surface area contributed by atoms with Gasteiger partial charge in [0, 0.05) is 11.5 Å². The first-order chi connectivity index (χ1) is 12.0. The number of hydrogen-bond acceptors (Lipinski definition) is 5. The monoisotopic (exact) mass is 338 g/mol. The van der Waals surface area contributed by atoms with Gasteiger partial charge in [-0.3, -0.25) is 0 Å². The molecule has 1 heterocycles. The lowest BCUT2D eigenvalue weighted by atomic mass is 10.00. The Balaban J connectivity index is 2.06. The van der Waals surface area contributed by atoms with Crippen molar-refractivity contribution < 1.29 is 18.7 Å². The number of esters is 1. The molecule has 0 radical (unpaired) electrons. The predicted octanol–water partition coefficient (Wildman–Crippen LogP) is 3.71. The van der Waals surface area contributed by atoms with Crippen molar-refractivity contribution in [1.29, 1.82) is 0 Å². The number of rotatable bonds is 4. The Morgan fingerprint density at radius 2 is 1.84 bits per heavy atom. The Morgan fingerprint density at radius 1 is 1.12 bits per heavy atom. The first-order valence-electron chi connectivity index (χ1n) is 7.88. The Kier molecular flexibility index (Phi) is 4.57. The lowest BCUT2D eigenvalue weighted by Crippen LogP contribution is -2.24. The first kappa shape index (κ1) is 16.8. The van der Waals surface area contributed by atoms with Gasteiger partial charge in [-0.2, -0.15) is 0 Å². The molecule has 0 fully saturated rings. The molecule has 5 heteroatoms. The van der Waals surface area contributed by atoms with Crippen LogP contribution in [0.4, 0.5) is 0 Å². The normalized spacial score (nSPS) is 12.0. The molecule has 0 saturated heterocycles. The third-order valence-electron chi connectivity index (χ3n) is 4.05. The van der Waals surface area contributed by atoms with Crippen LogP contribution in [0.5, 0.6) is 5.75 Å². The second-order valence-corrected chi connectivity index (χ2v) is 5.70. The maximum absolute atomic E-state index is 12.5. The van der Waals surface area contributed by atoms with Gasteiger partial charge >= 0.3 is 11.6 Å². The van der Waals surface area contributed by atoms with Gasteiger partial charge in [0.2, 0.25) is 0 Å². The van der Waals surface area contributed by atoms with E-state index in [2.05, 4.69) is 4.74 Å². The lowest BCUT2D eigenvalue weighted by Gasteiger charge is -2.13. The van der Waals surface area contributed by atoms with Crippen LogP contribution in [0.1, 0.15) is 12.5 Å². The quantitative estimate of drug-likeness (QED) is 0.536. The molecule has 25 heavy (non-hydrogen) atoms. The van der Waals surface area contributed by atoms with E-state index >= 15 is 0 Å². The van der Waals surface area contributed by atoms with Crippen molar-refractivity contribution in [2.24, 2.45) is 0 Å². The minimum atomic E-state index is -0.751. The van der Waals surface area contributed by atoms with Crippen molar-refractivity contribution in [3.05, 3.63) is 64.5 Å². The smallest absolute Gasteiger partial charge is 0.346 e. The van der Waals surface area contributed by atoms with Crippen LogP contribution in [0.2, 0.25) is 0 Å². The van der Waals surface area contributed by atoms with Gasteiger partial charge in [0.05, 0.1) is 12.7 Å². The molecule has 3 aromatic rings. The van der Waals surface area contributed by atoms with Gasteiger partial charge in [-0.25, -0.2) is 9.59 Å². The molecule has 0 aliphatic heterocycles. The highest BCUT2D eigenvalue weighted by atomic mass is 16.6. The van der Waals surface area contributed by atoms with Crippen LogP contribution in [-0.2, 0) is 9.53 Å². The Bertz CT molecular complexity index is 973. The molecular formula is C20H18O5. The summed E-state index contributed by atoms with van der Waals surface area (Å²) < 4.78 is 15.7. The summed E-state index contributed by atoms with van der Waals surface area (Å²) in [6.07, 6.45) is -0.751. The molecule has 0 spiro atoms. The fourth-order valence-corrected chi connectivity index (χ4v) is 2.77. The van der Waals surface area contributed by atoms with E-state index in [0.29, 0.717) is 16.9 Å². The summed E-state index contributed by atoms with van der Waals surface area (Å²) in [5, 5.41) is 0.816. The fourth-order valence-electron chi connectivity index (χ4n) is 2.77. The maximum atomic E-state index is 12.5. The van der Waals surface area contributed by atoms with E-state index < -0.39 is 17.7 Å². The van der Waals surface area contributed by atoms with E-state index in [1.165, 1.54) is 7.11 Å². The molecular weight excluding hydrogens is 320 g/mol. The summed E-state index contributed by atoms with van der Waals surface area (Å²) in [5.41, 5.74) is 2.20. The third kappa shape index (κ3) is 3.26. The molecule has 3 rings (SSSR count). The molecule has 0 amide bonds. The second kappa shape index (κ2) is 6.81. The molecule has 1 atom stereocenters. The van der Waals surface area contributed by atoms with Gasteiger partial charge in [0.15, 0.2) is 6.10 Å². The molecule has 0 unspecified atom stereocenters. The summed E-state index contributed by atoms with van der Waals surface area (Å²) in [6.45, 7) is 3.48. The Labute approximate surface area is 144 Å². The Hall–Kier alpha value is -3.08. The number of carbonyl (C=O) groups excluding carboxylic acids is 1. The Morgan fingerprint density at radius 3 is 2.52 bits per heavy atom. The molecule has 0 aliphatic carbocycles. The average Bonchev–Trinajstić information content (AvgIpc) is 2.61. The van der Waals surface area contributed by atoms with Crippen LogP contribution in [0.25, 0.3) is 22.1 Å². The van der Waals surface area contributed by atoms with Crippen molar-refractivity contribution in [2.75, 3.05) is 7.11 Å². The van der Waals surface area contributed by atoms with Crippen LogP contribution < -0.4 is 10.4 Å². The van der Waals surface area contributed by atoms with Crippen molar-refractivity contribution in [3.63, 3.8) is 0 Å². The summed E-state index contributed by atoms with van der Waals surface area (Å²) >= 11 is 0. The molecule has 0 bridgehead atoms. The first-order valence-corrected chi connectivity index (χ1v) is 7.88. The predicted molar refractivity (Wildman–Crippen MR) is 94.8 cm³/mol. The van der Waals surface area contributed by atoms with Gasteiger partial charge < -0.3 is 13.9 Å². The maximum Gasteiger partial charge on any atom is 0.346 e.